The number of aliphatic carboxylic acids is 1. The number of allylic oxidation sites excluding steroid dienone is 6. The van der Waals surface area contributed by atoms with Crippen molar-refractivity contribution in [3.8, 4) is 0 Å². The molecule has 0 fully saturated rings. The van der Waals surface area contributed by atoms with Crippen molar-refractivity contribution in [2.75, 3.05) is 19.8 Å². The quantitative estimate of drug-likeness (QED) is 0.0238. The van der Waals surface area contributed by atoms with Crippen LogP contribution in [0.3, 0.4) is 0 Å². The maximum Gasteiger partial charge on any atom is 0.472 e. The average molecular weight is 758 g/mol. The van der Waals surface area contributed by atoms with Gasteiger partial charge in [-0.05, 0) is 44.9 Å². The number of carboxylic acid groups (broad SMARTS) is 1. The lowest BCUT2D eigenvalue weighted by molar-refractivity contribution is -0.161. The fraction of sp³-hybridized carbons (Fsp3) is 0.775. The Kier molecular flexibility index (Phi) is 34.1. The number of carboxylic acids is 1. The Labute approximate surface area is 314 Å². The Morgan fingerprint density at radius 2 is 1.08 bits per heavy atom. The fourth-order valence-corrected chi connectivity index (χ4v) is 6.03. The van der Waals surface area contributed by atoms with Crippen molar-refractivity contribution in [2.45, 2.75) is 180 Å². The first-order valence-corrected chi connectivity index (χ1v) is 21.5. The van der Waals surface area contributed by atoms with Crippen LogP contribution < -0.4 is 5.73 Å². The number of carbonyl (C=O) groups excluding carboxylic acids is 2. The molecule has 302 valence electrons. The van der Waals surface area contributed by atoms with Gasteiger partial charge in [0.15, 0.2) is 6.10 Å². The van der Waals surface area contributed by atoms with Gasteiger partial charge in [0.2, 0.25) is 0 Å². The highest BCUT2D eigenvalue weighted by Crippen LogP contribution is 2.43. The minimum atomic E-state index is -4.72. The minimum Gasteiger partial charge on any atom is -0.480 e. The van der Waals surface area contributed by atoms with Crippen LogP contribution in [0.4, 0.5) is 0 Å². The summed E-state index contributed by atoms with van der Waals surface area (Å²) in [5, 5.41) is 8.86. The van der Waals surface area contributed by atoms with Crippen LogP contribution >= 0.6 is 7.82 Å². The highest BCUT2D eigenvalue weighted by Gasteiger charge is 2.28. The Bertz CT molecular complexity index is 1030. The molecule has 11 nitrogen and oxygen atoms in total. The number of esters is 2. The van der Waals surface area contributed by atoms with Crippen LogP contribution in [0, 0.1) is 0 Å². The van der Waals surface area contributed by atoms with E-state index in [1.54, 1.807) is 0 Å². The standard InChI is InChI=1S/C40H72NO10P/c1-3-5-7-9-11-13-15-17-18-20-21-23-25-27-29-31-38(42)48-33-36(34-49-52(46,47)50-35-37(41)40(44)45)51-39(43)32-30-28-26-24-22-19-16-14-12-10-8-6-4-2/h6,8,12,14,19,22,36-37H,3-5,7,9-11,13,15-18,20-21,23-35,41H2,1-2H3,(H,44,45)(H,46,47)/b8-6-,14-12-,22-19-. The predicted octanol–water partition coefficient (Wildman–Crippen LogP) is 10.1. The average Bonchev–Trinajstić information content (AvgIpc) is 3.12. The molecule has 12 heteroatoms. The second-order valence-corrected chi connectivity index (χ2v) is 14.8. The monoisotopic (exact) mass is 757 g/mol. The number of unbranched alkanes of at least 4 members (excludes halogenated alkanes) is 17. The van der Waals surface area contributed by atoms with Gasteiger partial charge >= 0.3 is 25.7 Å². The first-order valence-electron chi connectivity index (χ1n) is 20.0. The van der Waals surface area contributed by atoms with E-state index in [2.05, 4.69) is 54.8 Å². The molecule has 0 saturated heterocycles. The zero-order valence-corrected chi connectivity index (χ0v) is 33.3. The van der Waals surface area contributed by atoms with E-state index < -0.39 is 51.1 Å². The second kappa shape index (κ2) is 35.7. The third-order valence-corrected chi connectivity index (χ3v) is 9.35. The van der Waals surface area contributed by atoms with Gasteiger partial charge in [-0.25, -0.2) is 4.57 Å². The predicted molar refractivity (Wildman–Crippen MR) is 208 cm³/mol. The number of carbonyl (C=O) groups is 3. The molecule has 0 aromatic heterocycles. The van der Waals surface area contributed by atoms with E-state index >= 15 is 0 Å². The third kappa shape index (κ3) is 34.8. The van der Waals surface area contributed by atoms with Crippen molar-refractivity contribution < 1.29 is 47.5 Å². The Balaban J connectivity index is 4.43. The molecule has 0 spiro atoms. The lowest BCUT2D eigenvalue weighted by Crippen LogP contribution is -2.34. The van der Waals surface area contributed by atoms with Gasteiger partial charge in [-0.15, -0.1) is 0 Å². The molecule has 0 saturated carbocycles. The molecule has 0 amide bonds. The van der Waals surface area contributed by atoms with Crippen molar-refractivity contribution in [3.63, 3.8) is 0 Å². The van der Waals surface area contributed by atoms with Crippen molar-refractivity contribution in [1.29, 1.82) is 0 Å². The molecular weight excluding hydrogens is 685 g/mol. The summed E-state index contributed by atoms with van der Waals surface area (Å²) in [5.74, 6) is -2.41. The zero-order chi connectivity index (χ0) is 38.5. The van der Waals surface area contributed by atoms with Gasteiger partial charge in [-0.2, -0.15) is 0 Å². The van der Waals surface area contributed by atoms with Gasteiger partial charge in [0, 0.05) is 12.8 Å². The molecule has 0 aromatic rings. The summed E-state index contributed by atoms with van der Waals surface area (Å²) < 4.78 is 32.6. The number of nitrogens with two attached hydrogens (primary N) is 1. The Morgan fingerprint density at radius 3 is 1.62 bits per heavy atom. The lowest BCUT2D eigenvalue weighted by atomic mass is 10.0. The van der Waals surface area contributed by atoms with Crippen LogP contribution in [0.25, 0.3) is 0 Å². The zero-order valence-electron chi connectivity index (χ0n) is 32.4. The summed E-state index contributed by atoms with van der Waals surface area (Å²) in [5.41, 5.74) is 5.32. The number of hydrogen-bond donors (Lipinski definition) is 3. The molecule has 4 N–H and O–H groups in total. The normalized spacial score (nSPS) is 14.2. The molecule has 52 heavy (non-hydrogen) atoms. The second-order valence-electron chi connectivity index (χ2n) is 13.4. The topological polar surface area (TPSA) is 172 Å². The molecule has 0 aromatic carbocycles. The van der Waals surface area contributed by atoms with E-state index in [4.69, 9.17) is 24.8 Å². The Hall–Kier alpha value is -2.30. The van der Waals surface area contributed by atoms with Gasteiger partial charge in [0.25, 0.3) is 0 Å². The van der Waals surface area contributed by atoms with E-state index in [9.17, 15) is 23.8 Å². The van der Waals surface area contributed by atoms with Crippen molar-refractivity contribution in [3.05, 3.63) is 36.5 Å². The molecule has 0 bridgehead atoms. The molecule has 3 atom stereocenters. The van der Waals surface area contributed by atoms with Crippen LogP contribution in [0.15, 0.2) is 36.5 Å². The number of phosphoric ester groups is 1. The van der Waals surface area contributed by atoms with Crippen LogP contribution in [-0.4, -0.2) is 59.9 Å². The van der Waals surface area contributed by atoms with Gasteiger partial charge in [0.05, 0.1) is 13.2 Å². The smallest absolute Gasteiger partial charge is 0.472 e. The third-order valence-electron chi connectivity index (χ3n) is 8.40. The van der Waals surface area contributed by atoms with Gasteiger partial charge in [0.1, 0.15) is 12.6 Å². The molecular formula is C40H72NO10P. The van der Waals surface area contributed by atoms with Gasteiger partial charge < -0.3 is 25.2 Å². The van der Waals surface area contributed by atoms with Crippen LogP contribution in [0.1, 0.15) is 168 Å². The van der Waals surface area contributed by atoms with E-state index in [1.807, 2.05) is 0 Å². The lowest BCUT2D eigenvalue weighted by Gasteiger charge is -2.20. The van der Waals surface area contributed by atoms with E-state index in [0.717, 1.165) is 57.8 Å². The molecule has 0 aliphatic heterocycles. The van der Waals surface area contributed by atoms with E-state index in [0.29, 0.717) is 12.8 Å². The van der Waals surface area contributed by atoms with Gasteiger partial charge in [-0.3, -0.25) is 23.4 Å². The summed E-state index contributed by atoms with van der Waals surface area (Å²) in [7, 11) is -4.72. The molecule has 0 rings (SSSR count). The molecule has 3 unspecified atom stereocenters. The first kappa shape index (κ1) is 49.7. The Morgan fingerprint density at radius 1 is 0.615 bits per heavy atom. The first-order chi connectivity index (χ1) is 25.1. The molecule has 0 heterocycles. The van der Waals surface area contributed by atoms with Crippen LogP contribution in [-0.2, 0) is 37.5 Å². The largest absolute Gasteiger partial charge is 0.480 e. The molecule has 0 aliphatic carbocycles. The highest BCUT2D eigenvalue weighted by atomic mass is 31.2. The van der Waals surface area contributed by atoms with Crippen molar-refractivity contribution >= 4 is 25.7 Å². The molecule has 0 radical (unpaired) electrons. The summed E-state index contributed by atoms with van der Waals surface area (Å²) >= 11 is 0. The summed E-state index contributed by atoms with van der Waals surface area (Å²) in [6.45, 7) is 2.65. The SMILES string of the molecule is CC/C=C\C/C=C\C/C=C\CCCCCC(=O)OC(COC(=O)CCCCCCCCCCCCCCCCC)COP(=O)(O)OCC(N)C(=O)O. The minimum absolute atomic E-state index is 0.127. The van der Waals surface area contributed by atoms with Crippen molar-refractivity contribution in [1.82, 2.24) is 0 Å². The van der Waals surface area contributed by atoms with Crippen LogP contribution in [0.2, 0.25) is 0 Å². The van der Waals surface area contributed by atoms with E-state index in [-0.39, 0.29) is 19.4 Å². The number of hydrogen-bond acceptors (Lipinski definition) is 9. The number of rotatable bonds is 37. The number of ether oxygens (including phenoxy) is 2. The van der Waals surface area contributed by atoms with E-state index in [1.165, 1.54) is 70.6 Å². The maximum atomic E-state index is 12.6. The van der Waals surface area contributed by atoms with Crippen molar-refractivity contribution in [2.24, 2.45) is 5.73 Å². The maximum absolute atomic E-state index is 12.6. The fourth-order valence-electron chi connectivity index (χ4n) is 5.25. The number of phosphoric acid groups is 1. The van der Waals surface area contributed by atoms with Gasteiger partial charge in [-0.1, -0.05) is 147 Å². The molecule has 0 aliphatic rings. The van der Waals surface area contributed by atoms with Crippen LogP contribution in [0.5, 0.6) is 0 Å². The summed E-state index contributed by atoms with van der Waals surface area (Å²) in [4.78, 5) is 45.8. The highest BCUT2D eigenvalue weighted by molar-refractivity contribution is 7.47. The summed E-state index contributed by atoms with van der Waals surface area (Å²) in [6, 6.07) is -1.52. The summed E-state index contributed by atoms with van der Waals surface area (Å²) in [6.07, 6.45) is 36.5.